The molecule has 2 heteroatoms. The van der Waals surface area contributed by atoms with Crippen molar-refractivity contribution < 1.29 is 0 Å². The maximum atomic E-state index is 3.56. The molecule has 1 aromatic rings. The predicted octanol–water partition coefficient (Wildman–Crippen LogP) is 4.05. The molecule has 0 spiro atoms. The Balaban J connectivity index is 2.94. The molecule has 15 heavy (non-hydrogen) atoms. The Kier molecular flexibility index (Phi) is 5.61. The summed E-state index contributed by atoms with van der Waals surface area (Å²) in [6.45, 7) is 7.63. The normalized spacial score (nSPS) is 12.8. The van der Waals surface area contributed by atoms with Gasteiger partial charge in [-0.15, -0.1) is 0 Å². The quantitative estimate of drug-likeness (QED) is 0.808. The number of halogens is 1. The lowest BCUT2D eigenvalue weighted by Crippen LogP contribution is -2.21. The number of nitrogens with one attached hydrogen (secondary N) is 1. The molecule has 1 nitrogen and oxygen atoms in total. The molecular formula is C13H20IN. The van der Waals surface area contributed by atoms with Crippen LogP contribution in [0, 0.1) is 10.5 Å². The summed E-state index contributed by atoms with van der Waals surface area (Å²) in [5.41, 5.74) is 2.84. The summed E-state index contributed by atoms with van der Waals surface area (Å²) in [6.07, 6.45) is 2.44. The van der Waals surface area contributed by atoms with E-state index in [9.17, 15) is 0 Å². The van der Waals surface area contributed by atoms with Crippen molar-refractivity contribution in [3.05, 3.63) is 32.9 Å². The Labute approximate surface area is 107 Å². The molecule has 1 aromatic carbocycles. The van der Waals surface area contributed by atoms with Crippen LogP contribution in [0.2, 0.25) is 0 Å². The van der Waals surface area contributed by atoms with Crippen LogP contribution in [0.25, 0.3) is 0 Å². The van der Waals surface area contributed by atoms with Crippen molar-refractivity contribution in [3.63, 3.8) is 0 Å². The fourth-order valence-electron chi connectivity index (χ4n) is 1.84. The Bertz CT molecular complexity index is 303. The van der Waals surface area contributed by atoms with Gasteiger partial charge in [-0.05, 0) is 53.6 Å². The van der Waals surface area contributed by atoms with Crippen molar-refractivity contribution in [2.45, 2.75) is 39.7 Å². The summed E-state index contributed by atoms with van der Waals surface area (Å²) in [4.78, 5) is 0. The van der Waals surface area contributed by atoms with Gasteiger partial charge >= 0.3 is 0 Å². The van der Waals surface area contributed by atoms with E-state index in [4.69, 9.17) is 0 Å². The minimum Gasteiger partial charge on any atom is -0.310 e. The average molecular weight is 317 g/mol. The van der Waals surface area contributed by atoms with Crippen LogP contribution >= 0.6 is 22.6 Å². The van der Waals surface area contributed by atoms with E-state index in [-0.39, 0.29) is 0 Å². The zero-order chi connectivity index (χ0) is 11.3. The van der Waals surface area contributed by atoms with Crippen LogP contribution in [0.5, 0.6) is 0 Å². The summed E-state index contributed by atoms with van der Waals surface area (Å²) in [5.74, 6) is 0. The first kappa shape index (κ1) is 13.0. The Hall–Kier alpha value is -0.0900. The largest absolute Gasteiger partial charge is 0.310 e. The monoisotopic (exact) mass is 317 g/mol. The summed E-state index contributed by atoms with van der Waals surface area (Å²) in [6, 6.07) is 7.11. The van der Waals surface area contributed by atoms with Crippen molar-refractivity contribution in [2.75, 3.05) is 6.54 Å². The van der Waals surface area contributed by atoms with Crippen LogP contribution in [0.4, 0.5) is 0 Å². The van der Waals surface area contributed by atoms with Gasteiger partial charge in [0.05, 0.1) is 0 Å². The molecule has 1 atom stereocenters. The van der Waals surface area contributed by atoms with E-state index in [1.54, 1.807) is 0 Å². The van der Waals surface area contributed by atoms with Crippen LogP contribution in [0.1, 0.15) is 43.9 Å². The third-order valence-electron chi connectivity index (χ3n) is 2.62. The Morgan fingerprint density at radius 3 is 2.67 bits per heavy atom. The van der Waals surface area contributed by atoms with Gasteiger partial charge in [0.15, 0.2) is 0 Å². The van der Waals surface area contributed by atoms with Crippen molar-refractivity contribution in [3.8, 4) is 0 Å². The van der Waals surface area contributed by atoms with Gasteiger partial charge in [-0.3, -0.25) is 0 Å². The molecule has 1 unspecified atom stereocenters. The van der Waals surface area contributed by atoms with E-state index in [2.05, 4.69) is 66.9 Å². The van der Waals surface area contributed by atoms with Gasteiger partial charge in [0, 0.05) is 9.61 Å². The van der Waals surface area contributed by atoms with E-state index >= 15 is 0 Å². The zero-order valence-corrected chi connectivity index (χ0v) is 12.0. The molecule has 0 saturated heterocycles. The number of aryl methyl sites for hydroxylation is 1. The molecule has 0 aliphatic carbocycles. The molecule has 84 valence electrons. The fourth-order valence-corrected chi connectivity index (χ4v) is 2.58. The summed E-state index contributed by atoms with van der Waals surface area (Å²) in [7, 11) is 0. The molecule has 0 heterocycles. The molecule has 0 aliphatic heterocycles. The summed E-state index contributed by atoms with van der Waals surface area (Å²) >= 11 is 2.46. The third kappa shape index (κ3) is 3.45. The third-order valence-corrected chi connectivity index (χ3v) is 4.10. The Morgan fingerprint density at radius 2 is 2.07 bits per heavy atom. The first-order chi connectivity index (χ1) is 7.20. The first-order valence-corrected chi connectivity index (χ1v) is 6.77. The van der Waals surface area contributed by atoms with Gasteiger partial charge in [-0.2, -0.15) is 0 Å². The highest BCUT2D eigenvalue weighted by Crippen LogP contribution is 2.25. The summed E-state index contributed by atoms with van der Waals surface area (Å²) in [5, 5.41) is 3.56. The highest BCUT2D eigenvalue weighted by atomic mass is 127. The molecular weight excluding hydrogens is 297 g/mol. The second kappa shape index (κ2) is 6.48. The highest BCUT2D eigenvalue weighted by Gasteiger charge is 2.12. The SMILES string of the molecule is CCCC(NCC)c1cccc(C)c1I. The molecule has 0 fully saturated rings. The highest BCUT2D eigenvalue weighted by molar-refractivity contribution is 14.1. The number of benzene rings is 1. The lowest BCUT2D eigenvalue weighted by atomic mass is 10.0. The van der Waals surface area contributed by atoms with Gasteiger partial charge < -0.3 is 5.32 Å². The minimum absolute atomic E-state index is 0.520. The second-order valence-electron chi connectivity index (χ2n) is 3.88. The van der Waals surface area contributed by atoms with Gasteiger partial charge in [-0.1, -0.05) is 38.5 Å². The molecule has 1 N–H and O–H groups in total. The van der Waals surface area contributed by atoms with Crippen molar-refractivity contribution in [1.82, 2.24) is 5.32 Å². The number of hydrogen-bond acceptors (Lipinski definition) is 1. The van der Waals surface area contributed by atoms with Crippen molar-refractivity contribution in [2.24, 2.45) is 0 Å². The van der Waals surface area contributed by atoms with Gasteiger partial charge in [0.25, 0.3) is 0 Å². The van der Waals surface area contributed by atoms with Gasteiger partial charge in [0.1, 0.15) is 0 Å². The van der Waals surface area contributed by atoms with Gasteiger partial charge in [0.2, 0.25) is 0 Å². The molecule has 0 bridgehead atoms. The van der Waals surface area contributed by atoms with E-state index < -0.39 is 0 Å². The smallest absolute Gasteiger partial charge is 0.0330 e. The first-order valence-electron chi connectivity index (χ1n) is 5.69. The average Bonchev–Trinajstić information content (AvgIpc) is 2.22. The number of rotatable bonds is 5. The zero-order valence-electron chi connectivity index (χ0n) is 9.81. The van der Waals surface area contributed by atoms with Gasteiger partial charge in [-0.25, -0.2) is 0 Å². The fraction of sp³-hybridized carbons (Fsp3) is 0.538. The molecule has 0 aromatic heterocycles. The lowest BCUT2D eigenvalue weighted by molar-refractivity contribution is 0.507. The van der Waals surface area contributed by atoms with E-state index in [0.29, 0.717) is 6.04 Å². The van der Waals surface area contributed by atoms with Crippen LogP contribution in [0.15, 0.2) is 18.2 Å². The van der Waals surface area contributed by atoms with Crippen LogP contribution in [-0.2, 0) is 0 Å². The van der Waals surface area contributed by atoms with Crippen LogP contribution in [-0.4, -0.2) is 6.54 Å². The topological polar surface area (TPSA) is 12.0 Å². The minimum atomic E-state index is 0.520. The molecule has 1 rings (SSSR count). The predicted molar refractivity (Wildman–Crippen MR) is 75.2 cm³/mol. The molecule has 0 aliphatic rings. The maximum Gasteiger partial charge on any atom is 0.0330 e. The van der Waals surface area contributed by atoms with Crippen LogP contribution < -0.4 is 5.32 Å². The van der Waals surface area contributed by atoms with E-state index in [1.807, 2.05) is 0 Å². The molecule has 0 amide bonds. The molecule has 0 radical (unpaired) electrons. The van der Waals surface area contributed by atoms with E-state index in [0.717, 1.165) is 6.54 Å². The van der Waals surface area contributed by atoms with Crippen molar-refractivity contribution in [1.29, 1.82) is 0 Å². The second-order valence-corrected chi connectivity index (χ2v) is 4.96. The van der Waals surface area contributed by atoms with Crippen molar-refractivity contribution >= 4 is 22.6 Å². The Morgan fingerprint density at radius 1 is 1.33 bits per heavy atom. The standard InChI is InChI=1S/C13H20IN/c1-4-7-12(15-5-2)11-9-6-8-10(3)13(11)14/h6,8-9,12,15H,4-5,7H2,1-3H3. The van der Waals surface area contributed by atoms with Crippen LogP contribution in [0.3, 0.4) is 0 Å². The number of hydrogen-bond donors (Lipinski definition) is 1. The molecule has 0 saturated carbocycles. The summed E-state index contributed by atoms with van der Waals surface area (Å²) < 4.78 is 1.41. The lowest BCUT2D eigenvalue weighted by Gasteiger charge is -2.20. The maximum absolute atomic E-state index is 3.56. The van der Waals surface area contributed by atoms with E-state index in [1.165, 1.54) is 27.5 Å².